The fourth-order valence-corrected chi connectivity index (χ4v) is 3.65. The van der Waals surface area contributed by atoms with Crippen molar-refractivity contribution in [1.29, 1.82) is 0 Å². The largest absolute Gasteiger partial charge is 0.378 e. The molecule has 3 aromatic rings. The van der Waals surface area contributed by atoms with Crippen molar-refractivity contribution < 1.29 is 9.47 Å². The van der Waals surface area contributed by atoms with E-state index in [0.717, 1.165) is 37.5 Å². The number of nitrogens with one attached hydrogen (secondary N) is 2. The molecule has 5 rings (SSSR count). The first kappa shape index (κ1) is 18.1. The molecule has 0 bridgehead atoms. The van der Waals surface area contributed by atoms with Crippen LogP contribution in [0.4, 0.5) is 17.7 Å². The summed E-state index contributed by atoms with van der Waals surface area (Å²) in [5.74, 6) is 2.30. The highest BCUT2D eigenvalue weighted by Crippen LogP contribution is 2.27. The molecule has 2 fully saturated rings. The van der Waals surface area contributed by atoms with Crippen LogP contribution in [0.5, 0.6) is 0 Å². The molecule has 0 aliphatic carbocycles. The molecule has 4 heterocycles. The molecule has 152 valence electrons. The van der Waals surface area contributed by atoms with Gasteiger partial charge < -0.3 is 29.6 Å². The van der Waals surface area contributed by atoms with Crippen molar-refractivity contribution in [3.8, 4) is 0 Å². The summed E-state index contributed by atoms with van der Waals surface area (Å²) in [6.45, 7) is 6.67. The smallest absolute Gasteiger partial charge is 0.229 e. The van der Waals surface area contributed by atoms with Gasteiger partial charge in [0, 0.05) is 32.7 Å². The van der Waals surface area contributed by atoms with Gasteiger partial charge in [0.15, 0.2) is 11.5 Å². The molecule has 0 amide bonds. The molecule has 9 nitrogen and oxygen atoms in total. The lowest BCUT2D eigenvalue weighted by atomic mass is 10.2. The highest BCUT2D eigenvalue weighted by molar-refractivity contribution is 5.86. The molecule has 1 aromatic carbocycles. The van der Waals surface area contributed by atoms with Gasteiger partial charge in [-0.3, -0.25) is 0 Å². The number of anilines is 3. The van der Waals surface area contributed by atoms with Crippen LogP contribution in [-0.2, 0) is 16.0 Å². The van der Waals surface area contributed by atoms with Gasteiger partial charge in [0.2, 0.25) is 11.9 Å². The van der Waals surface area contributed by atoms with Crippen molar-refractivity contribution in [2.45, 2.75) is 6.54 Å². The molecule has 0 atom stereocenters. The Morgan fingerprint density at radius 1 is 0.862 bits per heavy atom. The second-order valence-corrected chi connectivity index (χ2v) is 7.17. The molecule has 0 unspecified atom stereocenters. The Kier molecular flexibility index (Phi) is 5.14. The van der Waals surface area contributed by atoms with E-state index in [1.807, 2.05) is 18.2 Å². The zero-order chi connectivity index (χ0) is 19.5. The standard InChI is InChI=1S/C20H25N7O2/c1-2-4-15(5-3-1)14-21-19-22-16-17(23-19)24-20(27-8-12-29-13-9-27)25-18(16)26-6-10-28-11-7-26/h1-5H,6-14H2,(H2,21,22,23,24,25). The monoisotopic (exact) mass is 395 g/mol. The van der Waals surface area contributed by atoms with Crippen molar-refractivity contribution in [3.05, 3.63) is 35.9 Å². The third kappa shape index (κ3) is 3.96. The van der Waals surface area contributed by atoms with Crippen molar-refractivity contribution >= 4 is 28.9 Å². The van der Waals surface area contributed by atoms with Crippen LogP contribution in [0.2, 0.25) is 0 Å². The first-order valence-electron chi connectivity index (χ1n) is 10.1. The van der Waals surface area contributed by atoms with Gasteiger partial charge in [-0.25, -0.2) is 0 Å². The van der Waals surface area contributed by atoms with E-state index in [1.54, 1.807) is 0 Å². The van der Waals surface area contributed by atoms with Crippen LogP contribution in [-0.4, -0.2) is 72.5 Å². The van der Waals surface area contributed by atoms with E-state index in [-0.39, 0.29) is 0 Å². The van der Waals surface area contributed by atoms with E-state index in [1.165, 1.54) is 5.56 Å². The summed E-state index contributed by atoms with van der Waals surface area (Å²) < 4.78 is 11.0. The van der Waals surface area contributed by atoms with Crippen LogP contribution in [0.1, 0.15) is 5.56 Å². The van der Waals surface area contributed by atoms with Gasteiger partial charge in [-0.05, 0) is 5.56 Å². The van der Waals surface area contributed by atoms with Crippen molar-refractivity contribution in [3.63, 3.8) is 0 Å². The Morgan fingerprint density at radius 2 is 1.55 bits per heavy atom. The van der Waals surface area contributed by atoms with Gasteiger partial charge in [0.1, 0.15) is 5.52 Å². The van der Waals surface area contributed by atoms with Gasteiger partial charge in [-0.1, -0.05) is 30.3 Å². The third-order valence-corrected chi connectivity index (χ3v) is 5.23. The summed E-state index contributed by atoms with van der Waals surface area (Å²) in [5, 5.41) is 3.37. The number of ether oxygens (including phenoxy) is 2. The Labute approximate surface area is 169 Å². The highest BCUT2D eigenvalue weighted by Gasteiger charge is 2.23. The zero-order valence-corrected chi connectivity index (χ0v) is 16.3. The molecule has 0 radical (unpaired) electrons. The third-order valence-electron chi connectivity index (χ3n) is 5.23. The quantitative estimate of drug-likeness (QED) is 0.674. The van der Waals surface area contributed by atoms with E-state index in [4.69, 9.17) is 24.4 Å². The highest BCUT2D eigenvalue weighted by atomic mass is 16.5. The van der Waals surface area contributed by atoms with E-state index in [2.05, 4.69) is 32.2 Å². The summed E-state index contributed by atoms with van der Waals surface area (Å²) >= 11 is 0. The summed E-state index contributed by atoms with van der Waals surface area (Å²) in [7, 11) is 0. The normalized spacial score (nSPS) is 17.7. The van der Waals surface area contributed by atoms with Gasteiger partial charge in [-0.15, -0.1) is 0 Å². The topological polar surface area (TPSA) is 91.4 Å². The lowest BCUT2D eigenvalue weighted by Crippen LogP contribution is -2.39. The van der Waals surface area contributed by atoms with Crippen LogP contribution in [0, 0.1) is 0 Å². The molecule has 0 saturated carbocycles. The van der Waals surface area contributed by atoms with Crippen LogP contribution >= 0.6 is 0 Å². The maximum absolute atomic E-state index is 5.52. The number of hydrogen-bond acceptors (Lipinski definition) is 8. The molecule has 29 heavy (non-hydrogen) atoms. The Hall–Kier alpha value is -2.91. The molecule has 2 saturated heterocycles. The summed E-state index contributed by atoms with van der Waals surface area (Å²) in [5.41, 5.74) is 2.74. The molecule has 0 spiro atoms. The number of imidazole rings is 1. The fraction of sp³-hybridized carbons (Fsp3) is 0.450. The molecule has 2 N–H and O–H groups in total. The number of aromatic amines is 1. The van der Waals surface area contributed by atoms with Crippen molar-refractivity contribution in [2.24, 2.45) is 0 Å². The minimum Gasteiger partial charge on any atom is -0.378 e. The molecular formula is C20H25N7O2. The predicted molar refractivity (Wildman–Crippen MR) is 112 cm³/mol. The second-order valence-electron chi connectivity index (χ2n) is 7.17. The number of H-pyrrole nitrogens is 1. The molecule has 2 aromatic heterocycles. The average molecular weight is 395 g/mol. The SMILES string of the molecule is c1ccc(CNc2nc3nc(N4CCOCC4)nc(N4CCOCC4)c3[nH]2)cc1. The number of hydrogen-bond donors (Lipinski definition) is 2. The first-order chi connectivity index (χ1) is 14.4. The lowest BCUT2D eigenvalue weighted by molar-refractivity contribution is 0.121. The fourth-order valence-electron chi connectivity index (χ4n) is 3.65. The number of morpholine rings is 2. The number of rotatable bonds is 5. The maximum atomic E-state index is 5.52. The van der Waals surface area contributed by atoms with Crippen molar-refractivity contribution in [1.82, 2.24) is 19.9 Å². The van der Waals surface area contributed by atoms with Crippen LogP contribution in [0.15, 0.2) is 30.3 Å². The Balaban J connectivity index is 1.47. The summed E-state index contributed by atoms with van der Waals surface area (Å²) in [4.78, 5) is 22.2. The molecule has 2 aliphatic rings. The summed E-state index contributed by atoms with van der Waals surface area (Å²) in [6.07, 6.45) is 0. The van der Waals surface area contributed by atoms with E-state index in [0.29, 0.717) is 50.5 Å². The Morgan fingerprint density at radius 3 is 2.28 bits per heavy atom. The van der Waals surface area contributed by atoms with Crippen molar-refractivity contribution in [2.75, 3.05) is 67.7 Å². The summed E-state index contributed by atoms with van der Waals surface area (Å²) in [6, 6.07) is 10.3. The van der Waals surface area contributed by atoms with E-state index < -0.39 is 0 Å². The average Bonchev–Trinajstić information content (AvgIpc) is 3.22. The minimum absolute atomic E-state index is 0.679. The van der Waals surface area contributed by atoms with Crippen LogP contribution in [0.25, 0.3) is 11.2 Å². The molecule has 9 heteroatoms. The first-order valence-corrected chi connectivity index (χ1v) is 10.1. The number of nitrogens with zero attached hydrogens (tertiary/aromatic N) is 5. The Bertz CT molecular complexity index is 950. The number of aromatic nitrogens is 4. The minimum atomic E-state index is 0.679. The van der Waals surface area contributed by atoms with Gasteiger partial charge >= 0.3 is 0 Å². The van der Waals surface area contributed by atoms with Crippen LogP contribution in [0.3, 0.4) is 0 Å². The maximum Gasteiger partial charge on any atom is 0.229 e. The molecular weight excluding hydrogens is 370 g/mol. The molecule has 2 aliphatic heterocycles. The van der Waals surface area contributed by atoms with Gasteiger partial charge in [0.05, 0.1) is 26.4 Å². The van der Waals surface area contributed by atoms with Gasteiger partial charge in [0.25, 0.3) is 0 Å². The van der Waals surface area contributed by atoms with E-state index >= 15 is 0 Å². The van der Waals surface area contributed by atoms with Crippen LogP contribution < -0.4 is 15.1 Å². The lowest BCUT2D eigenvalue weighted by Gasteiger charge is -2.30. The van der Waals surface area contributed by atoms with E-state index in [9.17, 15) is 0 Å². The van der Waals surface area contributed by atoms with Gasteiger partial charge in [-0.2, -0.15) is 15.0 Å². The number of benzene rings is 1. The zero-order valence-electron chi connectivity index (χ0n) is 16.3. The second kappa shape index (κ2) is 8.22. The number of fused-ring (bicyclic) bond motifs is 1. The predicted octanol–water partition coefficient (Wildman–Crippen LogP) is 1.64.